The van der Waals surface area contributed by atoms with Crippen molar-refractivity contribution in [3.8, 4) is 12.1 Å². The van der Waals surface area contributed by atoms with Gasteiger partial charge in [0.05, 0.1) is 0 Å². The van der Waals surface area contributed by atoms with E-state index in [-0.39, 0.29) is 5.57 Å². The Morgan fingerprint density at radius 3 is 2.24 bits per heavy atom. The number of allylic oxidation sites excluding steroid dienone is 1. The van der Waals surface area contributed by atoms with Crippen LogP contribution in [0.5, 0.6) is 0 Å². The molecule has 0 fully saturated rings. The van der Waals surface area contributed by atoms with E-state index in [0.717, 1.165) is 37.9 Å². The molecule has 0 aliphatic heterocycles. The van der Waals surface area contributed by atoms with Gasteiger partial charge in [-0.05, 0) is 42.2 Å². The third kappa shape index (κ3) is 5.83. The van der Waals surface area contributed by atoms with E-state index in [4.69, 9.17) is 10.5 Å². The average molecular weight is 329 g/mol. The van der Waals surface area contributed by atoms with Gasteiger partial charge in [-0.2, -0.15) is 10.5 Å². The van der Waals surface area contributed by atoms with Crippen LogP contribution in [-0.2, 0) is 6.42 Å². The lowest BCUT2D eigenvalue weighted by molar-refractivity contribution is 0.711. The fourth-order valence-electron chi connectivity index (χ4n) is 2.67. The summed E-state index contributed by atoms with van der Waals surface area (Å²) in [7, 11) is 0. The number of rotatable bonds is 8. The van der Waals surface area contributed by atoms with Crippen molar-refractivity contribution in [3.63, 3.8) is 0 Å². The number of hydrogen-bond acceptors (Lipinski definition) is 3. The van der Waals surface area contributed by atoms with Crippen LogP contribution in [0.25, 0.3) is 6.08 Å². The van der Waals surface area contributed by atoms with Crippen molar-refractivity contribution in [3.05, 3.63) is 71.3 Å². The van der Waals surface area contributed by atoms with E-state index in [1.807, 2.05) is 30.3 Å². The van der Waals surface area contributed by atoms with E-state index in [2.05, 4.69) is 48.2 Å². The fourth-order valence-corrected chi connectivity index (χ4v) is 2.67. The van der Waals surface area contributed by atoms with E-state index in [1.165, 1.54) is 11.3 Å². The molecule has 0 atom stereocenters. The third-order valence-corrected chi connectivity index (χ3v) is 4.10. The lowest BCUT2D eigenvalue weighted by Crippen LogP contribution is -2.26. The summed E-state index contributed by atoms with van der Waals surface area (Å²) in [5, 5.41) is 17.7. The first-order chi connectivity index (χ1) is 12.3. The number of benzene rings is 2. The van der Waals surface area contributed by atoms with E-state index in [9.17, 15) is 0 Å². The minimum absolute atomic E-state index is 0.125. The smallest absolute Gasteiger partial charge is 0.130 e. The highest BCUT2D eigenvalue weighted by Crippen LogP contribution is 2.18. The van der Waals surface area contributed by atoms with E-state index < -0.39 is 0 Å². The predicted octanol–water partition coefficient (Wildman–Crippen LogP) is 4.97. The zero-order valence-electron chi connectivity index (χ0n) is 14.7. The Bertz CT molecular complexity index is 746. The Morgan fingerprint density at radius 2 is 1.64 bits per heavy atom. The van der Waals surface area contributed by atoms with Crippen LogP contribution in [0.4, 0.5) is 5.69 Å². The normalized spacial score (nSPS) is 9.72. The van der Waals surface area contributed by atoms with Gasteiger partial charge in [0.1, 0.15) is 17.7 Å². The van der Waals surface area contributed by atoms with Crippen LogP contribution in [0.3, 0.4) is 0 Å². The van der Waals surface area contributed by atoms with Crippen LogP contribution in [0.15, 0.2) is 60.2 Å². The number of unbranched alkanes of at least 4 members (excludes halogenated alkanes) is 1. The van der Waals surface area contributed by atoms with Gasteiger partial charge in [0.15, 0.2) is 0 Å². The Balaban J connectivity index is 2.10. The van der Waals surface area contributed by atoms with Crippen molar-refractivity contribution in [1.82, 2.24) is 0 Å². The molecule has 3 nitrogen and oxygen atoms in total. The van der Waals surface area contributed by atoms with Crippen molar-refractivity contribution in [1.29, 1.82) is 10.5 Å². The Hall–Kier alpha value is -3.04. The number of anilines is 1. The monoisotopic (exact) mass is 329 g/mol. The highest BCUT2D eigenvalue weighted by molar-refractivity contribution is 5.64. The summed E-state index contributed by atoms with van der Waals surface area (Å²) in [5.41, 5.74) is 3.52. The summed E-state index contributed by atoms with van der Waals surface area (Å²) >= 11 is 0. The molecule has 0 saturated carbocycles. The van der Waals surface area contributed by atoms with Crippen LogP contribution in [0.1, 0.15) is 30.9 Å². The maximum atomic E-state index is 8.86. The van der Waals surface area contributed by atoms with Crippen molar-refractivity contribution < 1.29 is 0 Å². The molecule has 2 aromatic carbocycles. The van der Waals surface area contributed by atoms with Gasteiger partial charge in [-0.3, -0.25) is 0 Å². The van der Waals surface area contributed by atoms with Crippen molar-refractivity contribution in [2.45, 2.75) is 26.2 Å². The molecule has 126 valence electrons. The van der Waals surface area contributed by atoms with Gasteiger partial charge < -0.3 is 4.90 Å². The van der Waals surface area contributed by atoms with Gasteiger partial charge in [0, 0.05) is 18.8 Å². The van der Waals surface area contributed by atoms with E-state index in [0.29, 0.717) is 0 Å². The predicted molar refractivity (Wildman–Crippen MR) is 103 cm³/mol. The van der Waals surface area contributed by atoms with Crippen LogP contribution in [0.2, 0.25) is 0 Å². The van der Waals surface area contributed by atoms with Crippen molar-refractivity contribution in [2.24, 2.45) is 0 Å². The molecule has 0 bridgehead atoms. The molecule has 0 spiro atoms. The summed E-state index contributed by atoms with van der Waals surface area (Å²) in [6, 6.07) is 22.4. The van der Waals surface area contributed by atoms with Gasteiger partial charge in [0.25, 0.3) is 0 Å². The molecule has 2 aromatic rings. The Morgan fingerprint density at radius 1 is 0.960 bits per heavy atom. The largest absolute Gasteiger partial charge is 0.371 e. The summed E-state index contributed by atoms with van der Waals surface area (Å²) in [4.78, 5) is 2.40. The lowest BCUT2D eigenvalue weighted by Gasteiger charge is -2.25. The second kappa shape index (κ2) is 9.96. The van der Waals surface area contributed by atoms with Crippen molar-refractivity contribution in [2.75, 3.05) is 18.0 Å². The van der Waals surface area contributed by atoms with Gasteiger partial charge in [-0.15, -0.1) is 0 Å². The third-order valence-electron chi connectivity index (χ3n) is 4.10. The highest BCUT2D eigenvalue weighted by atomic mass is 15.1. The molecule has 25 heavy (non-hydrogen) atoms. The standard InChI is InChI=1S/C22H23N3/c1-2-3-14-25(15-13-19-7-5-4-6-8-19)22-11-9-20(10-12-22)16-21(17-23)18-24/h4-12,16H,2-3,13-15H2,1H3. The van der Waals surface area contributed by atoms with Crippen LogP contribution < -0.4 is 4.90 Å². The molecule has 0 aliphatic rings. The van der Waals surface area contributed by atoms with Gasteiger partial charge in [-0.25, -0.2) is 0 Å². The number of nitriles is 2. The molecule has 0 aromatic heterocycles. The lowest BCUT2D eigenvalue weighted by atomic mass is 10.1. The van der Waals surface area contributed by atoms with Crippen LogP contribution >= 0.6 is 0 Å². The second-order valence-electron chi connectivity index (χ2n) is 5.95. The Kier molecular flexibility index (Phi) is 7.29. The molecule has 0 amide bonds. The molecular weight excluding hydrogens is 306 g/mol. The summed E-state index contributed by atoms with van der Waals surface area (Å²) < 4.78 is 0. The van der Waals surface area contributed by atoms with Gasteiger partial charge in [0.2, 0.25) is 0 Å². The first kappa shape index (κ1) is 18.3. The number of hydrogen-bond donors (Lipinski definition) is 0. The van der Waals surface area contributed by atoms with Crippen LogP contribution in [0, 0.1) is 22.7 Å². The first-order valence-electron chi connectivity index (χ1n) is 8.67. The Labute approximate surface area is 150 Å². The van der Waals surface area contributed by atoms with Crippen molar-refractivity contribution >= 4 is 11.8 Å². The molecule has 0 radical (unpaired) electrons. The molecule has 0 unspecified atom stereocenters. The second-order valence-corrected chi connectivity index (χ2v) is 5.95. The molecular formula is C22H23N3. The summed E-state index contributed by atoms with van der Waals surface area (Å²) in [6.45, 7) is 4.20. The number of nitrogens with zero attached hydrogens (tertiary/aromatic N) is 3. The minimum atomic E-state index is 0.125. The molecule has 0 heterocycles. The maximum Gasteiger partial charge on any atom is 0.130 e. The zero-order valence-corrected chi connectivity index (χ0v) is 14.7. The molecule has 3 heteroatoms. The molecule has 2 rings (SSSR count). The first-order valence-corrected chi connectivity index (χ1v) is 8.67. The zero-order chi connectivity index (χ0) is 17.9. The molecule has 0 N–H and O–H groups in total. The highest BCUT2D eigenvalue weighted by Gasteiger charge is 2.06. The topological polar surface area (TPSA) is 50.8 Å². The molecule has 0 aliphatic carbocycles. The van der Waals surface area contributed by atoms with Gasteiger partial charge in [-0.1, -0.05) is 55.8 Å². The SMILES string of the molecule is CCCCN(CCc1ccccc1)c1ccc(C=C(C#N)C#N)cc1. The fraction of sp³-hybridized carbons (Fsp3) is 0.273. The van der Waals surface area contributed by atoms with Gasteiger partial charge >= 0.3 is 0 Å². The average Bonchev–Trinajstić information content (AvgIpc) is 2.67. The van der Waals surface area contributed by atoms with Crippen LogP contribution in [-0.4, -0.2) is 13.1 Å². The van der Waals surface area contributed by atoms with E-state index >= 15 is 0 Å². The summed E-state index contributed by atoms with van der Waals surface area (Å²) in [6.07, 6.45) is 4.95. The maximum absolute atomic E-state index is 8.86. The van der Waals surface area contributed by atoms with E-state index in [1.54, 1.807) is 6.08 Å². The quantitative estimate of drug-likeness (QED) is 0.643. The minimum Gasteiger partial charge on any atom is -0.371 e. The molecule has 0 saturated heterocycles. The summed E-state index contributed by atoms with van der Waals surface area (Å²) in [5.74, 6) is 0.